The number of hydrogen-bond acceptors (Lipinski definition) is 6. The second-order valence-corrected chi connectivity index (χ2v) is 11.5. The van der Waals surface area contributed by atoms with Crippen molar-refractivity contribution in [1.29, 1.82) is 0 Å². The number of amides is 3. The van der Waals surface area contributed by atoms with Gasteiger partial charge in [0, 0.05) is 17.3 Å². The normalized spacial score (nSPS) is 15.6. The third-order valence-corrected chi connectivity index (χ3v) is 8.20. The summed E-state index contributed by atoms with van der Waals surface area (Å²) >= 11 is 0. The topological polar surface area (TPSA) is 135 Å². The molecule has 48 heavy (non-hydrogen) atoms. The quantitative estimate of drug-likeness (QED) is 0.121. The Morgan fingerprint density at radius 3 is 2.00 bits per heavy atom. The van der Waals surface area contributed by atoms with Crippen LogP contribution in [0.5, 0.6) is 23.0 Å². The minimum atomic E-state index is -1.12. The average molecular weight is 646 g/mol. The summed E-state index contributed by atoms with van der Waals surface area (Å²) in [6, 6.07) is 31.7. The van der Waals surface area contributed by atoms with Gasteiger partial charge in [-0.3, -0.25) is 4.79 Å². The van der Waals surface area contributed by atoms with Crippen molar-refractivity contribution in [1.82, 2.24) is 5.32 Å². The summed E-state index contributed by atoms with van der Waals surface area (Å²) in [7, 11) is 1.60. The summed E-state index contributed by atoms with van der Waals surface area (Å²) in [5.41, 5.74) is 1.33. The van der Waals surface area contributed by atoms with Crippen molar-refractivity contribution < 1.29 is 33.7 Å². The highest BCUT2D eigenvalue weighted by Crippen LogP contribution is 2.30. The molecule has 1 fully saturated rings. The van der Waals surface area contributed by atoms with Gasteiger partial charge in [0.05, 0.1) is 24.5 Å². The van der Waals surface area contributed by atoms with E-state index in [-0.39, 0.29) is 29.4 Å². The van der Waals surface area contributed by atoms with Crippen LogP contribution in [0.3, 0.4) is 0 Å². The van der Waals surface area contributed by atoms with Gasteiger partial charge in [0.2, 0.25) is 0 Å². The van der Waals surface area contributed by atoms with Gasteiger partial charge in [0.25, 0.3) is 5.91 Å². The van der Waals surface area contributed by atoms with E-state index in [4.69, 9.17) is 14.2 Å². The van der Waals surface area contributed by atoms with Crippen molar-refractivity contribution >= 4 is 40.1 Å². The fraction of sp³-hybridized carbons (Fsp3) is 0.184. The van der Waals surface area contributed by atoms with Crippen LogP contribution in [0.25, 0.3) is 10.8 Å². The number of nitrogens with one attached hydrogen (secondary N) is 3. The van der Waals surface area contributed by atoms with Gasteiger partial charge in [0.15, 0.2) is 0 Å². The minimum Gasteiger partial charge on any atom is -0.497 e. The number of carbonyl (C=O) groups is 3. The van der Waals surface area contributed by atoms with Gasteiger partial charge < -0.3 is 35.3 Å². The predicted octanol–water partition coefficient (Wildman–Crippen LogP) is 8.10. The fourth-order valence-corrected chi connectivity index (χ4v) is 5.67. The van der Waals surface area contributed by atoms with E-state index in [0.29, 0.717) is 22.7 Å². The number of carbonyl (C=O) groups excluding carboxylic acids is 2. The summed E-state index contributed by atoms with van der Waals surface area (Å²) in [6.45, 7) is 0. The Morgan fingerprint density at radius 1 is 0.688 bits per heavy atom. The number of benzene rings is 5. The van der Waals surface area contributed by atoms with Crippen LogP contribution in [-0.4, -0.2) is 42.3 Å². The van der Waals surface area contributed by atoms with Crippen LogP contribution in [0.15, 0.2) is 109 Å². The Morgan fingerprint density at radius 2 is 1.31 bits per heavy atom. The molecular formula is C38H35N3O7. The molecule has 0 bridgehead atoms. The molecule has 1 aliphatic carbocycles. The second-order valence-electron chi connectivity index (χ2n) is 11.5. The van der Waals surface area contributed by atoms with Gasteiger partial charge in [-0.2, -0.15) is 0 Å². The SMILES string of the molecule is COc1ccc(NC(=O)NC2CCC(Oc3ccc4cc(Oc5ccc(C(=O)Nc6ccccc6C(=O)O)cc5)ccc4c3)CC2)cc1. The third-order valence-electron chi connectivity index (χ3n) is 8.20. The van der Waals surface area contributed by atoms with E-state index >= 15 is 0 Å². The van der Waals surface area contributed by atoms with Crippen LogP contribution in [0.1, 0.15) is 46.4 Å². The number of hydrogen-bond donors (Lipinski definition) is 4. The smallest absolute Gasteiger partial charge is 0.337 e. The van der Waals surface area contributed by atoms with Crippen LogP contribution in [0, 0.1) is 0 Å². The van der Waals surface area contributed by atoms with Crippen LogP contribution in [-0.2, 0) is 0 Å². The molecular weight excluding hydrogens is 610 g/mol. The molecule has 1 aliphatic rings. The first-order valence-electron chi connectivity index (χ1n) is 15.7. The monoisotopic (exact) mass is 645 g/mol. The molecule has 0 radical (unpaired) electrons. The number of fused-ring (bicyclic) bond motifs is 1. The number of urea groups is 1. The summed E-state index contributed by atoms with van der Waals surface area (Å²) < 4.78 is 17.5. The van der Waals surface area contributed by atoms with Gasteiger partial charge in [-0.05, 0) is 121 Å². The van der Waals surface area contributed by atoms with Gasteiger partial charge in [-0.15, -0.1) is 0 Å². The van der Waals surface area contributed by atoms with E-state index in [1.54, 1.807) is 73.8 Å². The first-order chi connectivity index (χ1) is 23.3. The molecule has 5 aromatic carbocycles. The lowest BCUT2D eigenvalue weighted by molar-refractivity contribution is 0.0698. The van der Waals surface area contributed by atoms with Crippen LogP contribution < -0.4 is 30.2 Å². The van der Waals surface area contributed by atoms with E-state index in [9.17, 15) is 19.5 Å². The molecule has 5 aromatic rings. The minimum absolute atomic E-state index is 0.0189. The number of carboxylic acid groups (broad SMARTS) is 1. The number of ether oxygens (including phenoxy) is 3. The Bertz CT molecular complexity index is 1920. The van der Waals surface area contributed by atoms with Crippen molar-refractivity contribution in [2.45, 2.75) is 37.8 Å². The van der Waals surface area contributed by atoms with Gasteiger partial charge in [-0.25, -0.2) is 9.59 Å². The standard InChI is InChI=1S/C38H35N3O7/c1-46-29-18-10-27(11-19-29)39-38(45)40-28-12-20-31(21-13-28)48-33-17-9-25-22-32(16-8-26(25)23-33)47-30-14-6-24(7-15-30)36(42)41-35-5-3-2-4-34(35)37(43)44/h2-11,14-19,22-23,28,31H,12-13,20-21H2,1H3,(H,41,42)(H,43,44)(H2,39,40,45). The Hall–Kier alpha value is -6.03. The number of para-hydroxylation sites is 1. The molecule has 4 N–H and O–H groups in total. The molecule has 0 saturated heterocycles. The van der Waals surface area contributed by atoms with Crippen molar-refractivity contribution in [3.05, 3.63) is 120 Å². The molecule has 10 heteroatoms. The summed E-state index contributed by atoms with van der Waals surface area (Å²) in [4.78, 5) is 36.6. The van der Waals surface area contributed by atoms with Crippen LogP contribution in [0.2, 0.25) is 0 Å². The maximum Gasteiger partial charge on any atom is 0.337 e. The van der Waals surface area contributed by atoms with Crippen molar-refractivity contribution in [3.8, 4) is 23.0 Å². The number of anilines is 2. The molecule has 0 atom stereocenters. The van der Waals surface area contributed by atoms with Gasteiger partial charge in [0.1, 0.15) is 23.0 Å². The maximum absolute atomic E-state index is 12.7. The van der Waals surface area contributed by atoms with Crippen LogP contribution >= 0.6 is 0 Å². The van der Waals surface area contributed by atoms with E-state index in [0.717, 1.165) is 48.0 Å². The van der Waals surface area contributed by atoms with Crippen molar-refractivity contribution in [3.63, 3.8) is 0 Å². The highest BCUT2D eigenvalue weighted by molar-refractivity contribution is 6.07. The average Bonchev–Trinajstić information content (AvgIpc) is 3.10. The third kappa shape index (κ3) is 8.03. The molecule has 1 saturated carbocycles. The molecule has 3 amide bonds. The predicted molar refractivity (Wildman–Crippen MR) is 184 cm³/mol. The molecule has 0 aromatic heterocycles. The number of methoxy groups -OCH3 is 1. The number of aromatic carboxylic acids is 1. The first-order valence-corrected chi connectivity index (χ1v) is 15.7. The lowest BCUT2D eigenvalue weighted by Crippen LogP contribution is -2.41. The molecule has 10 nitrogen and oxygen atoms in total. The van der Waals surface area contributed by atoms with Crippen molar-refractivity contribution in [2.75, 3.05) is 17.7 Å². The zero-order valence-electron chi connectivity index (χ0n) is 26.3. The maximum atomic E-state index is 12.7. The van der Waals surface area contributed by atoms with Crippen molar-refractivity contribution in [2.24, 2.45) is 0 Å². The molecule has 244 valence electrons. The fourth-order valence-electron chi connectivity index (χ4n) is 5.67. The molecule has 0 aliphatic heterocycles. The second kappa shape index (κ2) is 14.6. The molecule has 0 spiro atoms. The first kappa shape index (κ1) is 31.9. The van der Waals surface area contributed by atoms with Gasteiger partial charge >= 0.3 is 12.0 Å². The highest BCUT2D eigenvalue weighted by Gasteiger charge is 2.24. The summed E-state index contributed by atoms with van der Waals surface area (Å²) in [5.74, 6) is 1.20. The highest BCUT2D eigenvalue weighted by atomic mass is 16.5. The number of carboxylic acids is 1. The Balaban J connectivity index is 0.986. The zero-order valence-corrected chi connectivity index (χ0v) is 26.3. The van der Waals surface area contributed by atoms with E-state index in [2.05, 4.69) is 16.0 Å². The van der Waals surface area contributed by atoms with Crippen LogP contribution in [0.4, 0.5) is 16.2 Å². The van der Waals surface area contributed by atoms with E-state index in [1.165, 1.54) is 6.07 Å². The molecule has 6 rings (SSSR count). The summed E-state index contributed by atoms with van der Waals surface area (Å²) in [5, 5.41) is 19.9. The van der Waals surface area contributed by atoms with Gasteiger partial charge in [-0.1, -0.05) is 24.3 Å². The molecule has 0 heterocycles. The number of rotatable bonds is 10. The zero-order chi connectivity index (χ0) is 33.5. The van der Waals surface area contributed by atoms with E-state index in [1.807, 2.05) is 36.4 Å². The van der Waals surface area contributed by atoms with E-state index < -0.39 is 11.9 Å². The lowest BCUT2D eigenvalue weighted by Gasteiger charge is -2.29. The lowest BCUT2D eigenvalue weighted by atomic mass is 9.93. The molecule has 0 unspecified atom stereocenters. The Labute approximate surface area is 277 Å². The Kier molecular flexibility index (Phi) is 9.71. The summed E-state index contributed by atoms with van der Waals surface area (Å²) in [6.07, 6.45) is 3.42. The largest absolute Gasteiger partial charge is 0.497 e.